The van der Waals surface area contributed by atoms with Crippen molar-refractivity contribution < 1.29 is 27.4 Å². The molecule has 4 atom stereocenters. The summed E-state index contributed by atoms with van der Waals surface area (Å²) in [6, 6.07) is -0.365. The normalized spacial score (nSPS) is 32.7. The molecule has 4 aliphatic rings. The van der Waals surface area contributed by atoms with Crippen LogP contribution in [0.15, 0.2) is 23.7 Å². The molecule has 2 saturated heterocycles. The number of anilines is 1. The van der Waals surface area contributed by atoms with Gasteiger partial charge in [0.1, 0.15) is 11.3 Å². The Hall–Kier alpha value is -2.43. The largest absolute Gasteiger partial charge is 0.619 e. The van der Waals surface area contributed by atoms with Gasteiger partial charge in [0.2, 0.25) is 12.0 Å². The molecular formula is C17H18F3N5O3. The number of fused-ring (bicyclic) bond motifs is 4. The zero-order chi connectivity index (χ0) is 19.7. The third-order valence-electron chi connectivity index (χ3n) is 6.08. The Bertz CT molecular complexity index is 857. The summed E-state index contributed by atoms with van der Waals surface area (Å²) in [6.07, 6.45) is 0.869. The van der Waals surface area contributed by atoms with Gasteiger partial charge in [0.15, 0.2) is 6.20 Å². The molecule has 5 rings (SSSR count). The van der Waals surface area contributed by atoms with Crippen LogP contribution in [0.1, 0.15) is 32.1 Å². The summed E-state index contributed by atoms with van der Waals surface area (Å²) in [5, 5.41) is 19.6. The number of rotatable bonds is 3. The van der Waals surface area contributed by atoms with E-state index in [1.54, 1.807) is 0 Å². The van der Waals surface area contributed by atoms with Crippen molar-refractivity contribution in [3.05, 3.63) is 23.8 Å². The highest BCUT2D eigenvalue weighted by molar-refractivity contribution is 6.41. The summed E-state index contributed by atoms with van der Waals surface area (Å²) in [5.74, 6) is -0.932. The smallest absolute Gasteiger partial charge is 0.411 e. The van der Waals surface area contributed by atoms with Gasteiger partial charge in [-0.3, -0.25) is 4.79 Å². The fourth-order valence-electron chi connectivity index (χ4n) is 4.49. The van der Waals surface area contributed by atoms with E-state index < -0.39 is 17.6 Å². The van der Waals surface area contributed by atoms with Gasteiger partial charge >= 0.3 is 6.18 Å². The summed E-state index contributed by atoms with van der Waals surface area (Å²) in [6.45, 7) is 0. The number of amides is 1. The van der Waals surface area contributed by atoms with Crippen molar-refractivity contribution in [2.75, 3.05) is 5.01 Å². The van der Waals surface area contributed by atoms with Crippen LogP contribution < -0.4 is 15.1 Å². The number of hydrazone groups is 1. The minimum absolute atomic E-state index is 0.0325. The van der Waals surface area contributed by atoms with E-state index in [0.29, 0.717) is 11.2 Å². The van der Waals surface area contributed by atoms with Crippen molar-refractivity contribution >= 4 is 17.4 Å². The van der Waals surface area contributed by atoms with Gasteiger partial charge in [0.05, 0.1) is 24.4 Å². The molecule has 0 aromatic carbocycles. The first kappa shape index (κ1) is 17.7. The molecule has 3 aliphatic heterocycles. The summed E-state index contributed by atoms with van der Waals surface area (Å²) >= 11 is 0. The first-order valence-electron chi connectivity index (χ1n) is 9.25. The number of nitrogens with zero attached hydrogens (tertiary/aromatic N) is 4. The van der Waals surface area contributed by atoms with E-state index in [9.17, 15) is 23.2 Å². The van der Waals surface area contributed by atoms with Crippen LogP contribution in [0.25, 0.3) is 0 Å². The molecule has 0 radical (unpaired) electrons. The quantitative estimate of drug-likeness (QED) is 0.608. The number of carbonyl (C=O) groups excluding carboxylic acids is 1. The van der Waals surface area contributed by atoms with E-state index >= 15 is 0 Å². The number of halogens is 3. The fourth-order valence-corrected chi connectivity index (χ4v) is 4.49. The summed E-state index contributed by atoms with van der Waals surface area (Å²) in [5.41, 5.74) is -2.09. The molecule has 0 spiro atoms. The summed E-state index contributed by atoms with van der Waals surface area (Å²) < 4.78 is 46.3. The van der Waals surface area contributed by atoms with Crippen molar-refractivity contribution in [3.8, 4) is 0 Å². The minimum Gasteiger partial charge on any atom is -0.619 e. The van der Waals surface area contributed by atoms with E-state index in [0.717, 1.165) is 12.8 Å². The lowest BCUT2D eigenvalue weighted by molar-refractivity contribution is -0.605. The highest BCUT2D eigenvalue weighted by Gasteiger charge is 2.65. The molecule has 8 nitrogen and oxygen atoms in total. The van der Waals surface area contributed by atoms with E-state index in [4.69, 9.17) is 4.74 Å². The molecule has 1 aromatic rings. The van der Waals surface area contributed by atoms with Gasteiger partial charge in [-0.2, -0.15) is 23.0 Å². The van der Waals surface area contributed by atoms with Crippen molar-refractivity contribution in [1.29, 1.82) is 0 Å². The van der Waals surface area contributed by atoms with Gasteiger partial charge in [-0.25, -0.2) is 9.99 Å². The molecule has 28 heavy (non-hydrogen) atoms. The molecule has 1 aliphatic carbocycles. The van der Waals surface area contributed by atoms with Gasteiger partial charge in [-0.05, 0) is 32.1 Å². The number of ether oxygens (including phenoxy) is 1. The lowest BCUT2D eigenvalue weighted by Gasteiger charge is -2.35. The average Bonchev–Trinajstić information content (AvgIpc) is 3.18. The van der Waals surface area contributed by atoms with Crippen molar-refractivity contribution in [2.45, 2.75) is 62.1 Å². The van der Waals surface area contributed by atoms with E-state index in [1.807, 2.05) is 0 Å². The van der Waals surface area contributed by atoms with E-state index in [2.05, 4.69) is 15.4 Å². The lowest BCUT2D eigenvalue weighted by Crippen LogP contribution is -2.53. The maximum absolute atomic E-state index is 13.3. The minimum atomic E-state index is -4.50. The standard InChI is InChI=1S/C17H18F3N5O3/c18-17(19,20)16(3-4-16)22-15(26)13-10-7-9-1-2-11(28-9)14(10)25(23-13)12-8-24(27)6-5-21-12/h5-6,8-11,14H,1-4,7H2,(H,22,26). The maximum atomic E-state index is 13.3. The summed E-state index contributed by atoms with van der Waals surface area (Å²) in [4.78, 5) is 16.9. The van der Waals surface area contributed by atoms with Gasteiger partial charge in [-0.15, -0.1) is 0 Å². The molecular weight excluding hydrogens is 379 g/mol. The zero-order valence-corrected chi connectivity index (χ0v) is 14.7. The van der Waals surface area contributed by atoms with Crippen LogP contribution in [-0.2, 0) is 9.53 Å². The third-order valence-corrected chi connectivity index (χ3v) is 6.08. The van der Waals surface area contributed by atoms with Crippen LogP contribution >= 0.6 is 0 Å². The third kappa shape index (κ3) is 2.63. The van der Waals surface area contributed by atoms with Crippen LogP contribution in [0, 0.1) is 11.1 Å². The SMILES string of the molecule is O=C(NC1(C(F)(F)F)CC1)C1=NN(c2c[n+]([O-])ccn2)C2C3CCC(CC12)O3. The molecule has 2 bridgehead atoms. The van der Waals surface area contributed by atoms with Crippen LogP contribution in [0.2, 0.25) is 0 Å². The lowest BCUT2D eigenvalue weighted by atomic mass is 9.86. The molecule has 1 amide bonds. The Morgan fingerprint density at radius 3 is 2.86 bits per heavy atom. The molecule has 1 N–H and O–H groups in total. The zero-order valence-electron chi connectivity index (χ0n) is 14.7. The predicted molar refractivity (Wildman–Crippen MR) is 89.1 cm³/mol. The van der Waals surface area contributed by atoms with Crippen LogP contribution in [0.5, 0.6) is 0 Å². The molecule has 1 aromatic heterocycles. The molecule has 4 heterocycles. The number of hydrogen-bond acceptors (Lipinski definition) is 6. The number of nitrogens with one attached hydrogen (secondary N) is 1. The Labute approximate surface area is 157 Å². The Balaban J connectivity index is 1.48. The number of carbonyl (C=O) groups is 1. The van der Waals surface area contributed by atoms with Crippen molar-refractivity contribution in [3.63, 3.8) is 0 Å². The van der Waals surface area contributed by atoms with Gasteiger partial charge in [-0.1, -0.05) is 0 Å². The van der Waals surface area contributed by atoms with Crippen LogP contribution in [-0.4, -0.2) is 46.6 Å². The van der Waals surface area contributed by atoms with Gasteiger partial charge in [0, 0.05) is 5.92 Å². The second-order valence-electron chi connectivity index (χ2n) is 7.84. The number of alkyl halides is 3. The fraction of sp³-hybridized carbons (Fsp3) is 0.647. The number of hydrogen-bond donors (Lipinski definition) is 1. The first-order chi connectivity index (χ1) is 13.3. The van der Waals surface area contributed by atoms with Crippen molar-refractivity contribution in [1.82, 2.24) is 10.3 Å². The van der Waals surface area contributed by atoms with Gasteiger partial charge in [0.25, 0.3) is 5.91 Å². The van der Waals surface area contributed by atoms with E-state index in [1.165, 1.54) is 23.6 Å². The Morgan fingerprint density at radius 2 is 2.18 bits per heavy atom. The summed E-state index contributed by atoms with van der Waals surface area (Å²) in [7, 11) is 0. The predicted octanol–water partition coefficient (Wildman–Crippen LogP) is 1.04. The second-order valence-corrected chi connectivity index (χ2v) is 7.84. The maximum Gasteiger partial charge on any atom is 0.411 e. The van der Waals surface area contributed by atoms with Crippen molar-refractivity contribution in [2.24, 2.45) is 11.0 Å². The number of aromatic nitrogens is 2. The van der Waals surface area contributed by atoms with Crippen LogP contribution in [0.3, 0.4) is 0 Å². The topological polar surface area (TPSA) is 93.8 Å². The molecule has 1 saturated carbocycles. The molecule has 150 valence electrons. The highest BCUT2D eigenvalue weighted by Crippen LogP contribution is 2.49. The van der Waals surface area contributed by atoms with E-state index in [-0.39, 0.29) is 48.5 Å². The molecule has 11 heteroatoms. The molecule has 4 unspecified atom stereocenters. The Morgan fingerprint density at radius 1 is 1.39 bits per heavy atom. The molecule has 3 fully saturated rings. The highest BCUT2D eigenvalue weighted by atomic mass is 19.4. The second kappa shape index (κ2) is 5.79. The van der Waals surface area contributed by atoms with Crippen LogP contribution in [0.4, 0.5) is 19.0 Å². The first-order valence-corrected chi connectivity index (χ1v) is 9.25. The average molecular weight is 397 g/mol. The Kier molecular flexibility index (Phi) is 3.65. The van der Waals surface area contributed by atoms with Gasteiger partial charge < -0.3 is 15.3 Å². The monoisotopic (exact) mass is 397 g/mol.